The normalized spacial score (nSPS) is 12.6. The Morgan fingerprint density at radius 2 is 2.18 bits per heavy atom. The summed E-state index contributed by atoms with van der Waals surface area (Å²) in [4.78, 5) is 1.31. The van der Waals surface area contributed by atoms with Gasteiger partial charge in [0.1, 0.15) is 0 Å². The third-order valence-corrected chi connectivity index (χ3v) is 4.77. The van der Waals surface area contributed by atoms with Crippen LogP contribution in [0.3, 0.4) is 0 Å². The molecule has 0 radical (unpaired) electrons. The highest BCUT2D eigenvalue weighted by atomic mass is 32.2. The summed E-state index contributed by atoms with van der Waals surface area (Å²) in [6, 6.07) is 13.0. The van der Waals surface area contributed by atoms with Gasteiger partial charge in [0, 0.05) is 4.90 Å². The number of hydrogen-bond donors (Lipinski definition) is 1. The predicted octanol–water partition coefficient (Wildman–Crippen LogP) is 4.35. The summed E-state index contributed by atoms with van der Waals surface area (Å²) >= 11 is 3.62. The Bertz CT molecular complexity index is 451. The van der Waals surface area contributed by atoms with E-state index in [0.717, 1.165) is 13.0 Å². The molecule has 0 saturated heterocycles. The Balaban J connectivity index is 2.11. The van der Waals surface area contributed by atoms with Crippen molar-refractivity contribution in [2.24, 2.45) is 5.73 Å². The van der Waals surface area contributed by atoms with Crippen molar-refractivity contribution in [3.63, 3.8) is 0 Å². The lowest BCUT2D eigenvalue weighted by Gasteiger charge is -2.11. The largest absolute Gasteiger partial charge is 0.330 e. The molecule has 1 unspecified atom stereocenters. The van der Waals surface area contributed by atoms with Crippen molar-refractivity contribution in [3.8, 4) is 0 Å². The smallest absolute Gasteiger partial charge is 0.0646 e. The second-order valence-electron chi connectivity index (χ2n) is 4.09. The van der Waals surface area contributed by atoms with Crippen molar-refractivity contribution in [1.82, 2.24) is 0 Å². The van der Waals surface area contributed by atoms with Crippen LogP contribution in [0.2, 0.25) is 0 Å². The highest BCUT2D eigenvalue weighted by Crippen LogP contribution is 2.32. The lowest BCUT2D eigenvalue weighted by atomic mass is 9.98. The second kappa shape index (κ2) is 6.24. The van der Waals surface area contributed by atoms with Crippen LogP contribution in [0.25, 0.3) is 0 Å². The van der Waals surface area contributed by atoms with Crippen LogP contribution in [0.1, 0.15) is 24.8 Å². The average molecular weight is 263 g/mol. The summed E-state index contributed by atoms with van der Waals surface area (Å²) in [5.41, 5.74) is 7.00. The van der Waals surface area contributed by atoms with E-state index in [2.05, 4.69) is 48.7 Å². The summed E-state index contributed by atoms with van der Waals surface area (Å²) in [5, 5.41) is 2.11. The molecule has 0 aliphatic carbocycles. The molecule has 0 aliphatic rings. The van der Waals surface area contributed by atoms with Crippen LogP contribution in [0.4, 0.5) is 0 Å². The van der Waals surface area contributed by atoms with E-state index in [4.69, 9.17) is 5.73 Å². The van der Waals surface area contributed by atoms with Crippen molar-refractivity contribution in [2.45, 2.75) is 28.4 Å². The van der Waals surface area contributed by atoms with E-state index < -0.39 is 0 Å². The molecule has 0 fully saturated rings. The molecule has 1 aromatic carbocycles. The molecule has 2 N–H and O–H groups in total. The Kier molecular flexibility index (Phi) is 4.66. The maximum atomic E-state index is 5.61. The van der Waals surface area contributed by atoms with Crippen LogP contribution in [-0.2, 0) is 0 Å². The molecule has 0 spiro atoms. The minimum absolute atomic E-state index is 0.545. The predicted molar refractivity (Wildman–Crippen MR) is 77.0 cm³/mol. The summed E-state index contributed by atoms with van der Waals surface area (Å²) in [6.07, 6.45) is 1.05. The van der Waals surface area contributed by atoms with E-state index in [-0.39, 0.29) is 0 Å². The van der Waals surface area contributed by atoms with Crippen LogP contribution in [0.5, 0.6) is 0 Å². The zero-order valence-corrected chi connectivity index (χ0v) is 11.6. The fourth-order valence-electron chi connectivity index (χ4n) is 1.74. The minimum Gasteiger partial charge on any atom is -0.330 e. The van der Waals surface area contributed by atoms with Crippen LogP contribution < -0.4 is 5.73 Å². The Morgan fingerprint density at radius 1 is 1.29 bits per heavy atom. The number of rotatable bonds is 5. The topological polar surface area (TPSA) is 26.0 Å². The summed E-state index contributed by atoms with van der Waals surface area (Å²) < 4.78 is 1.34. The van der Waals surface area contributed by atoms with Crippen molar-refractivity contribution in [1.29, 1.82) is 0 Å². The first-order valence-corrected chi connectivity index (χ1v) is 7.50. The van der Waals surface area contributed by atoms with E-state index in [9.17, 15) is 0 Å². The molecule has 2 rings (SSSR count). The molecule has 1 atom stereocenters. The summed E-state index contributed by atoms with van der Waals surface area (Å²) in [7, 11) is 0. The molecule has 90 valence electrons. The van der Waals surface area contributed by atoms with Gasteiger partial charge in [0.25, 0.3) is 0 Å². The van der Waals surface area contributed by atoms with E-state index in [1.165, 1.54) is 14.7 Å². The van der Waals surface area contributed by atoms with Crippen LogP contribution in [0.15, 0.2) is 50.9 Å². The van der Waals surface area contributed by atoms with E-state index >= 15 is 0 Å². The molecule has 1 aromatic heterocycles. The molecule has 1 heterocycles. The van der Waals surface area contributed by atoms with Gasteiger partial charge < -0.3 is 5.73 Å². The molecule has 0 bridgehead atoms. The van der Waals surface area contributed by atoms with Gasteiger partial charge in [-0.2, -0.15) is 0 Å². The van der Waals surface area contributed by atoms with Crippen molar-refractivity contribution < 1.29 is 0 Å². The molecular weight excluding hydrogens is 246 g/mol. The molecule has 17 heavy (non-hydrogen) atoms. The Labute approximate surface area is 111 Å². The molecule has 2 aromatic rings. The van der Waals surface area contributed by atoms with Crippen molar-refractivity contribution >= 4 is 23.1 Å². The average Bonchev–Trinajstić information content (AvgIpc) is 2.82. The number of nitrogens with two attached hydrogens (primary N) is 1. The molecule has 0 saturated carbocycles. The zero-order chi connectivity index (χ0) is 12.1. The van der Waals surface area contributed by atoms with Gasteiger partial charge in [-0.3, -0.25) is 0 Å². The first-order valence-electron chi connectivity index (χ1n) is 5.81. The Morgan fingerprint density at radius 3 is 2.88 bits per heavy atom. The summed E-state index contributed by atoms with van der Waals surface area (Å²) in [5.74, 6) is 0.545. The maximum Gasteiger partial charge on any atom is 0.0646 e. The molecular formula is C14H17NS2. The quantitative estimate of drug-likeness (QED) is 0.867. The Hall–Kier alpha value is -0.770. The third-order valence-electron chi connectivity index (χ3n) is 2.74. The number of thiophene rings is 1. The van der Waals surface area contributed by atoms with Gasteiger partial charge in [-0.05, 0) is 48.0 Å². The van der Waals surface area contributed by atoms with E-state index in [1.807, 2.05) is 11.8 Å². The number of benzene rings is 1. The van der Waals surface area contributed by atoms with Crippen LogP contribution in [0, 0.1) is 0 Å². The first-order chi connectivity index (χ1) is 8.29. The fourth-order valence-corrected chi connectivity index (χ4v) is 3.56. The monoisotopic (exact) mass is 263 g/mol. The lowest BCUT2D eigenvalue weighted by molar-refractivity contribution is 0.688. The van der Waals surface area contributed by atoms with E-state index in [1.54, 1.807) is 11.3 Å². The maximum absolute atomic E-state index is 5.61. The van der Waals surface area contributed by atoms with Crippen molar-refractivity contribution in [3.05, 3.63) is 47.3 Å². The van der Waals surface area contributed by atoms with Gasteiger partial charge in [-0.15, -0.1) is 11.3 Å². The van der Waals surface area contributed by atoms with Crippen LogP contribution in [-0.4, -0.2) is 6.54 Å². The van der Waals surface area contributed by atoms with Gasteiger partial charge in [0.05, 0.1) is 4.21 Å². The highest BCUT2D eigenvalue weighted by molar-refractivity contribution is 8.01. The van der Waals surface area contributed by atoms with Gasteiger partial charge in [0.2, 0.25) is 0 Å². The van der Waals surface area contributed by atoms with Gasteiger partial charge in [-0.1, -0.05) is 36.9 Å². The lowest BCUT2D eigenvalue weighted by Crippen LogP contribution is -2.04. The zero-order valence-electron chi connectivity index (χ0n) is 9.93. The highest BCUT2D eigenvalue weighted by Gasteiger charge is 2.06. The van der Waals surface area contributed by atoms with Gasteiger partial charge in [0.15, 0.2) is 0 Å². The standard InChI is InChI=1S/C14H17NS2/c1-11(7-8-15)12-4-2-5-13(10-12)17-14-6-3-9-16-14/h2-6,9-11H,7-8,15H2,1H3. The van der Waals surface area contributed by atoms with Gasteiger partial charge in [-0.25, -0.2) is 0 Å². The molecule has 0 amide bonds. The first kappa shape index (κ1) is 12.7. The molecule has 0 aliphatic heterocycles. The minimum atomic E-state index is 0.545. The van der Waals surface area contributed by atoms with E-state index in [0.29, 0.717) is 5.92 Å². The van der Waals surface area contributed by atoms with Crippen molar-refractivity contribution in [2.75, 3.05) is 6.54 Å². The fraction of sp³-hybridized carbons (Fsp3) is 0.286. The third kappa shape index (κ3) is 3.60. The van der Waals surface area contributed by atoms with Gasteiger partial charge >= 0.3 is 0 Å². The SMILES string of the molecule is CC(CCN)c1cccc(Sc2cccs2)c1. The molecule has 3 heteroatoms. The van der Waals surface area contributed by atoms with Crippen LogP contribution >= 0.6 is 23.1 Å². The number of hydrogen-bond acceptors (Lipinski definition) is 3. The molecule has 1 nitrogen and oxygen atoms in total. The summed E-state index contributed by atoms with van der Waals surface area (Å²) in [6.45, 7) is 2.99. The second-order valence-corrected chi connectivity index (χ2v) is 6.41.